The highest BCUT2D eigenvalue weighted by Gasteiger charge is 2.30. The lowest BCUT2D eigenvalue weighted by atomic mass is 9.80. The molecule has 0 aromatic heterocycles. The second-order valence-corrected chi connectivity index (χ2v) is 5.24. The maximum absolute atomic E-state index is 11.6. The van der Waals surface area contributed by atoms with Crippen LogP contribution in [0.4, 0.5) is 0 Å². The third-order valence-corrected chi connectivity index (χ3v) is 3.24. The molecule has 94 valence electrons. The predicted molar refractivity (Wildman–Crippen MR) is 70.8 cm³/mol. The maximum atomic E-state index is 11.6. The molecule has 1 rings (SSSR count). The molecule has 2 nitrogen and oxygen atoms in total. The maximum Gasteiger partial charge on any atom is 0.178 e. The Morgan fingerprint density at radius 1 is 1.35 bits per heavy atom. The van der Waals surface area contributed by atoms with E-state index in [1.54, 1.807) is 12.2 Å². The van der Waals surface area contributed by atoms with Crippen molar-refractivity contribution in [2.45, 2.75) is 52.6 Å². The van der Waals surface area contributed by atoms with E-state index in [0.29, 0.717) is 12.8 Å². The van der Waals surface area contributed by atoms with Crippen LogP contribution in [0.5, 0.6) is 0 Å². The zero-order valence-corrected chi connectivity index (χ0v) is 11.2. The summed E-state index contributed by atoms with van der Waals surface area (Å²) in [5.41, 5.74) is 2.23. The van der Waals surface area contributed by atoms with Crippen molar-refractivity contribution in [3.05, 3.63) is 34.9 Å². The fourth-order valence-electron chi connectivity index (χ4n) is 1.98. The van der Waals surface area contributed by atoms with E-state index >= 15 is 0 Å². The largest absolute Gasteiger partial charge is 0.385 e. The molecular formula is C15H22O2. The topological polar surface area (TPSA) is 37.3 Å². The van der Waals surface area contributed by atoms with Gasteiger partial charge in [0.2, 0.25) is 0 Å². The Morgan fingerprint density at radius 3 is 2.47 bits per heavy atom. The number of carbonyl (C=O) groups is 1. The van der Waals surface area contributed by atoms with Gasteiger partial charge in [-0.3, -0.25) is 4.79 Å². The third-order valence-electron chi connectivity index (χ3n) is 3.24. The minimum absolute atomic E-state index is 0.0396. The Balaban J connectivity index is 2.82. The minimum Gasteiger partial charge on any atom is -0.385 e. The Hall–Kier alpha value is -1.15. The Kier molecular flexibility index (Phi) is 4.47. The van der Waals surface area contributed by atoms with Crippen LogP contribution in [0.15, 0.2) is 34.9 Å². The summed E-state index contributed by atoms with van der Waals surface area (Å²) in [5.74, 6) is -0.0396. The van der Waals surface area contributed by atoms with Crippen molar-refractivity contribution in [1.29, 1.82) is 0 Å². The van der Waals surface area contributed by atoms with Gasteiger partial charge in [0.25, 0.3) is 0 Å². The minimum atomic E-state index is -0.829. The van der Waals surface area contributed by atoms with Crippen LogP contribution in [-0.4, -0.2) is 16.5 Å². The molecule has 0 fully saturated rings. The Morgan fingerprint density at radius 2 is 2.00 bits per heavy atom. The molecule has 17 heavy (non-hydrogen) atoms. The second-order valence-electron chi connectivity index (χ2n) is 5.24. The van der Waals surface area contributed by atoms with Crippen LogP contribution in [0.2, 0.25) is 0 Å². The van der Waals surface area contributed by atoms with Crippen LogP contribution in [0.3, 0.4) is 0 Å². The monoisotopic (exact) mass is 234 g/mol. The molecule has 0 bridgehead atoms. The predicted octanol–water partition coefficient (Wildman–Crippen LogP) is 3.33. The zero-order valence-electron chi connectivity index (χ0n) is 11.2. The van der Waals surface area contributed by atoms with Crippen molar-refractivity contribution in [2.75, 3.05) is 0 Å². The molecule has 0 saturated heterocycles. The number of allylic oxidation sites excluding steroid dienone is 4. The smallest absolute Gasteiger partial charge is 0.178 e. The molecule has 0 spiro atoms. The van der Waals surface area contributed by atoms with Gasteiger partial charge in [0.05, 0.1) is 5.60 Å². The summed E-state index contributed by atoms with van der Waals surface area (Å²) >= 11 is 0. The van der Waals surface area contributed by atoms with Gasteiger partial charge in [-0.05, 0) is 64.7 Å². The lowest BCUT2D eigenvalue weighted by Crippen LogP contribution is -2.32. The molecule has 1 atom stereocenters. The van der Waals surface area contributed by atoms with Crippen LogP contribution >= 0.6 is 0 Å². The van der Waals surface area contributed by atoms with Gasteiger partial charge in [0.15, 0.2) is 5.78 Å². The number of hydrogen-bond donors (Lipinski definition) is 1. The molecule has 0 unspecified atom stereocenters. The molecule has 0 amide bonds. The highest BCUT2D eigenvalue weighted by Crippen LogP contribution is 2.33. The van der Waals surface area contributed by atoms with Gasteiger partial charge in [-0.25, -0.2) is 0 Å². The molecule has 2 heteroatoms. The average Bonchev–Trinajstić information content (AvgIpc) is 2.21. The summed E-state index contributed by atoms with van der Waals surface area (Å²) in [6.45, 7) is 7.70. The Bertz CT molecular complexity index is 395. The first-order valence-electron chi connectivity index (χ1n) is 6.09. The molecule has 0 aliphatic heterocycles. The fraction of sp³-hybridized carbons (Fsp3) is 0.533. The molecule has 0 heterocycles. The van der Waals surface area contributed by atoms with E-state index in [2.05, 4.69) is 13.0 Å². The van der Waals surface area contributed by atoms with Crippen molar-refractivity contribution in [2.24, 2.45) is 0 Å². The van der Waals surface area contributed by atoms with Gasteiger partial charge < -0.3 is 5.11 Å². The molecule has 1 aliphatic rings. The number of carbonyl (C=O) groups excluding carboxylic acids is 1. The summed E-state index contributed by atoms with van der Waals surface area (Å²) < 4.78 is 0. The molecule has 0 radical (unpaired) electrons. The quantitative estimate of drug-likeness (QED) is 0.600. The van der Waals surface area contributed by atoms with E-state index in [4.69, 9.17) is 0 Å². The third kappa shape index (κ3) is 3.97. The lowest BCUT2D eigenvalue weighted by Gasteiger charge is -2.31. The van der Waals surface area contributed by atoms with Gasteiger partial charge in [0, 0.05) is 0 Å². The number of hydrogen-bond acceptors (Lipinski definition) is 2. The normalized spacial score (nSPS) is 25.2. The first-order valence-corrected chi connectivity index (χ1v) is 6.09. The van der Waals surface area contributed by atoms with Crippen molar-refractivity contribution >= 4 is 5.78 Å². The molecule has 1 N–H and O–H groups in total. The van der Waals surface area contributed by atoms with E-state index in [9.17, 15) is 9.90 Å². The lowest BCUT2D eigenvalue weighted by molar-refractivity contribution is -0.110. The van der Waals surface area contributed by atoms with E-state index in [1.165, 1.54) is 5.57 Å². The summed E-state index contributed by atoms with van der Waals surface area (Å²) in [4.78, 5) is 11.6. The number of aliphatic hydroxyl groups is 1. The van der Waals surface area contributed by atoms with Crippen LogP contribution < -0.4 is 0 Å². The zero-order chi connectivity index (χ0) is 13.1. The highest BCUT2D eigenvalue weighted by molar-refractivity contribution is 6.00. The van der Waals surface area contributed by atoms with E-state index in [-0.39, 0.29) is 5.78 Å². The van der Waals surface area contributed by atoms with Gasteiger partial charge in [0.1, 0.15) is 0 Å². The summed E-state index contributed by atoms with van der Waals surface area (Å²) in [6, 6.07) is 0. The second kappa shape index (κ2) is 5.46. The van der Waals surface area contributed by atoms with E-state index in [1.807, 2.05) is 20.8 Å². The Labute approximate surface area is 104 Å². The first kappa shape index (κ1) is 13.9. The van der Waals surface area contributed by atoms with Gasteiger partial charge in [-0.2, -0.15) is 0 Å². The molecule has 0 saturated carbocycles. The first-order chi connectivity index (χ1) is 7.83. The number of rotatable bonds is 3. The van der Waals surface area contributed by atoms with Gasteiger partial charge in [-0.1, -0.05) is 17.2 Å². The SMILES string of the molecule is CC(C)=CC(=O)/C=C(\C)[C@@]1(O)CC=C(C)CC1. The van der Waals surface area contributed by atoms with E-state index < -0.39 is 5.60 Å². The van der Waals surface area contributed by atoms with Crippen molar-refractivity contribution < 1.29 is 9.90 Å². The van der Waals surface area contributed by atoms with Crippen LogP contribution in [0.1, 0.15) is 47.0 Å². The summed E-state index contributed by atoms with van der Waals surface area (Å²) in [6.07, 6.45) is 7.44. The van der Waals surface area contributed by atoms with Gasteiger partial charge >= 0.3 is 0 Å². The van der Waals surface area contributed by atoms with Crippen molar-refractivity contribution in [3.8, 4) is 0 Å². The molecule has 1 aliphatic carbocycles. The fourth-order valence-corrected chi connectivity index (χ4v) is 1.98. The summed E-state index contributed by atoms with van der Waals surface area (Å²) in [7, 11) is 0. The average molecular weight is 234 g/mol. The molecule has 0 aromatic carbocycles. The molecule has 0 aromatic rings. The van der Waals surface area contributed by atoms with Gasteiger partial charge in [-0.15, -0.1) is 0 Å². The summed E-state index contributed by atoms with van der Waals surface area (Å²) in [5, 5.41) is 10.5. The van der Waals surface area contributed by atoms with Crippen LogP contribution in [0, 0.1) is 0 Å². The van der Waals surface area contributed by atoms with Crippen molar-refractivity contribution in [1.82, 2.24) is 0 Å². The van der Waals surface area contributed by atoms with E-state index in [0.717, 1.165) is 17.6 Å². The standard InChI is InChI=1S/C15H22O2/c1-11(2)9-14(16)10-13(4)15(17)7-5-12(3)6-8-15/h5,9-10,17H,6-8H2,1-4H3/b13-10+/t15-/m1/s1. The number of ketones is 1. The highest BCUT2D eigenvalue weighted by atomic mass is 16.3. The van der Waals surface area contributed by atoms with Crippen molar-refractivity contribution in [3.63, 3.8) is 0 Å². The van der Waals surface area contributed by atoms with Crippen LogP contribution in [0.25, 0.3) is 0 Å². The van der Waals surface area contributed by atoms with Crippen LogP contribution in [-0.2, 0) is 4.79 Å². The molecular weight excluding hydrogens is 212 g/mol.